The van der Waals surface area contributed by atoms with Crippen LogP contribution in [0.25, 0.3) is 11.1 Å². The predicted molar refractivity (Wildman–Crippen MR) is 114 cm³/mol. The Kier molecular flexibility index (Phi) is 5.81. The van der Waals surface area contributed by atoms with Gasteiger partial charge in [0.25, 0.3) is 5.91 Å². The van der Waals surface area contributed by atoms with Gasteiger partial charge in [-0.2, -0.15) is 0 Å². The number of halogens is 3. The molecule has 0 bridgehead atoms. The molecule has 0 fully saturated rings. The summed E-state index contributed by atoms with van der Waals surface area (Å²) in [6, 6.07) is 14.4. The van der Waals surface area contributed by atoms with Crippen molar-refractivity contribution in [1.82, 2.24) is 15.0 Å². The normalized spacial score (nSPS) is 10.5. The van der Waals surface area contributed by atoms with Gasteiger partial charge < -0.3 is 10.6 Å². The number of carbonyl (C=O) groups is 1. The number of aromatic nitrogens is 3. The topological polar surface area (TPSA) is 79.8 Å². The van der Waals surface area contributed by atoms with E-state index in [1.54, 1.807) is 12.3 Å². The zero-order valence-electron chi connectivity index (χ0n) is 15.8. The number of carbonyl (C=O) groups excluding carboxylic acids is 1. The lowest BCUT2D eigenvalue weighted by Gasteiger charge is -2.11. The fourth-order valence-corrected chi connectivity index (χ4v) is 2.98. The van der Waals surface area contributed by atoms with E-state index in [0.717, 1.165) is 23.3 Å². The van der Waals surface area contributed by atoms with E-state index in [0.29, 0.717) is 5.69 Å². The smallest absolute Gasteiger partial charge is 0.274 e. The van der Waals surface area contributed by atoms with Gasteiger partial charge in [0.1, 0.15) is 17.3 Å². The summed E-state index contributed by atoms with van der Waals surface area (Å²) >= 11 is 5.56. The minimum absolute atomic E-state index is 0.0233. The maximum absolute atomic E-state index is 14.0. The Hall–Kier alpha value is -3.91. The molecule has 1 amide bonds. The zero-order valence-corrected chi connectivity index (χ0v) is 16.6. The highest BCUT2D eigenvalue weighted by Gasteiger charge is 2.14. The monoisotopic (exact) mass is 437 g/mol. The second kappa shape index (κ2) is 8.85. The molecule has 4 rings (SSSR count). The first-order valence-electron chi connectivity index (χ1n) is 9.06. The first-order chi connectivity index (χ1) is 15.0. The molecule has 0 saturated carbocycles. The maximum Gasteiger partial charge on any atom is 0.274 e. The van der Waals surface area contributed by atoms with Crippen molar-refractivity contribution < 1.29 is 13.6 Å². The van der Waals surface area contributed by atoms with Crippen molar-refractivity contribution in [3.63, 3.8) is 0 Å². The average Bonchev–Trinajstić information content (AvgIpc) is 2.78. The first kappa shape index (κ1) is 20.4. The van der Waals surface area contributed by atoms with Crippen molar-refractivity contribution in [2.24, 2.45) is 0 Å². The van der Waals surface area contributed by atoms with Crippen molar-refractivity contribution in [2.75, 3.05) is 10.6 Å². The molecule has 0 aliphatic carbocycles. The highest BCUT2D eigenvalue weighted by atomic mass is 35.5. The molecular formula is C22H14ClF2N5O. The van der Waals surface area contributed by atoms with Crippen LogP contribution in [0.3, 0.4) is 0 Å². The summed E-state index contributed by atoms with van der Waals surface area (Å²) in [6.07, 6.45) is 4.49. The third kappa shape index (κ3) is 4.65. The molecule has 31 heavy (non-hydrogen) atoms. The van der Waals surface area contributed by atoms with E-state index in [4.69, 9.17) is 11.6 Å². The molecule has 2 aromatic heterocycles. The van der Waals surface area contributed by atoms with Crippen LogP contribution in [0, 0.1) is 11.6 Å². The van der Waals surface area contributed by atoms with Gasteiger partial charge in [-0.25, -0.2) is 18.7 Å². The molecule has 0 atom stereocenters. The Bertz CT molecular complexity index is 1250. The summed E-state index contributed by atoms with van der Waals surface area (Å²) in [5, 5.41) is 4.98. The van der Waals surface area contributed by atoms with Gasteiger partial charge >= 0.3 is 0 Å². The minimum atomic E-state index is -0.801. The zero-order chi connectivity index (χ0) is 21.8. The largest absolute Gasteiger partial charge is 0.322 e. The van der Waals surface area contributed by atoms with Crippen molar-refractivity contribution in [3.05, 3.63) is 95.5 Å². The third-order valence-electron chi connectivity index (χ3n) is 4.30. The van der Waals surface area contributed by atoms with E-state index in [-0.39, 0.29) is 22.4 Å². The second-order valence-corrected chi connectivity index (χ2v) is 6.79. The molecule has 2 aromatic carbocycles. The summed E-state index contributed by atoms with van der Waals surface area (Å²) in [6.45, 7) is 0. The number of pyridine rings is 1. The summed E-state index contributed by atoms with van der Waals surface area (Å²) in [7, 11) is 0. The molecule has 0 unspecified atom stereocenters. The fourth-order valence-electron chi connectivity index (χ4n) is 2.83. The molecule has 2 heterocycles. The van der Waals surface area contributed by atoms with Gasteiger partial charge in [0.15, 0.2) is 0 Å². The molecule has 0 radical (unpaired) electrons. The lowest BCUT2D eigenvalue weighted by atomic mass is 10.1. The van der Waals surface area contributed by atoms with Crippen LogP contribution in [-0.4, -0.2) is 20.9 Å². The first-order valence-corrected chi connectivity index (χ1v) is 9.44. The maximum atomic E-state index is 14.0. The van der Waals surface area contributed by atoms with Gasteiger partial charge in [0.2, 0.25) is 5.95 Å². The summed E-state index contributed by atoms with van der Waals surface area (Å²) < 4.78 is 27.7. The number of rotatable bonds is 5. The third-order valence-corrected chi connectivity index (χ3v) is 4.59. The van der Waals surface area contributed by atoms with Crippen molar-refractivity contribution in [1.29, 1.82) is 0 Å². The molecule has 4 aromatic rings. The van der Waals surface area contributed by atoms with Crippen LogP contribution in [0.15, 0.2) is 73.2 Å². The molecule has 0 saturated heterocycles. The second-order valence-electron chi connectivity index (χ2n) is 6.38. The van der Waals surface area contributed by atoms with Gasteiger partial charge in [-0.15, -0.1) is 0 Å². The number of nitrogens with zero attached hydrogens (tertiary/aromatic N) is 3. The highest BCUT2D eigenvalue weighted by Crippen LogP contribution is 2.27. The van der Waals surface area contributed by atoms with Crippen LogP contribution < -0.4 is 10.6 Å². The lowest BCUT2D eigenvalue weighted by molar-refractivity contribution is 0.102. The van der Waals surface area contributed by atoms with Crippen LogP contribution in [0.4, 0.5) is 26.1 Å². The van der Waals surface area contributed by atoms with Crippen molar-refractivity contribution >= 4 is 34.8 Å². The van der Waals surface area contributed by atoms with Gasteiger partial charge in [-0.1, -0.05) is 41.9 Å². The van der Waals surface area contributed by atoms with Gasteiger partial charge in [0.05, 0.1) is 22.6 Å². The van der Waals surface area contributed by atoms with E-state index >= 15 is 0 Å². The van der Waals surface area contributed by atoms with Crippen LogP contribution in [-0.2, 0) is 0 Å². The Morgan fingerprint density at radius 2 is 1.74 bits per heavy atom. The Morgan fingerprint density at radius 1 is 0.935 bits per heavy atom. The van der Waals surface area contributed by atoms with E-state index in [1.807, 2.05) is 30.3 Å². The van der Waals surface area contributed by atoms with E-state index < -0.39 is 17.5 Å². The Balaban J connectivity index is 1.57. The van der Waals surface area contributed by atoms with E-state index in [2.05, 4.69) is 25.6 Å². The number of hydrogen-bond donors (Lipinski definition) is 2. The van der Waals surface area contributed by atoms with Crippen LogP contribution in [0.2, 0.25) is 5.02 Å². The fraction of sp³-hybridized carbons (Fsp3) is 0. The SMILES string of the molecule is O=C(Nc1cnccc1-c1ccccc1)c1ccnc(Nc2cc(F)c(Cl)cc2F)n1. The average molecular weight is 438 g/mol. The van der Waals surface area contributed by atoms with E-state index in [9.17, 15) is 13.6 Å². The summed E-state index contributed by atoms with van der Waals surface area (Å²) in [5.41, 5.74) is 2.01. The molecule has 154 valence electrons. The number of hydrogen-bond acceptors (Lipinski definition) is 5. The Morgan fingerprint density at radius 3 is 2.55 bits per heavy atom. The Labute approximate surface area is 181 Å². The van der Waals surface area contributed by atoms with Gasteiger partial charge in [-0.3, -0.25) is 9.78 Å². The predicted octanol–water partition coefficient (Wildman–Crippen LogP) is 5.47. The standard InChI is InChI=1S/C22H14ClF2N5O/c23-15-10-17(25)19(11-16(15)24)30-22-27-9-7-18(29-22)21(31)28-20-12-26-8-6-14(20)13-4-2-1-3-5-13/h1-12H,(H,28,31)(H,27,29,30). The van der Waals surface area contributed by atoms with Gasteiger partial charge in [-0.05, 0) is 23.8 Å². The quantitative estimate of drug-likeness (QED) is 0.405. The number of benzene rings is 2. The molecule has 9 heteroatoms. The number of nitrogens with one attached hydrogen (secondary N) is 2. The summed E-state index contributed by atoms with van der Waals surface area (Å²) in [5.74, 6) is -2.18. The number of anilines is 3. The van der Waals surface area contributed by atoms with Crippen LogP contribution in [0.5, 0.6) is 0 Å². The summed E-state index contributed by atoms with van der Waals surface area (Å²) in [4.78, 5) is 24.9. The van der Waals surface area contributed by atoms with Crippen LogP contribution >= 0.6 is 11.6 Å². The number of amides is 1. The molecule has 0 aliphatic rings. The van der Waals surface area contributed by atoms with E-state index in [1.165, 1.54) is 18.5 Å². The van der Waals surface area contributed by atoms with Crippen molar-refractivity contribution in [2.45, 2.75) is 0 Å². The molecule has 6 nitrogen and oxygen atoms in total. The van der Waals surface area contributed by atoms with Crippen molar-refractivity contribution in [3.8, 4) is 11.1 Å². The molecule has 2 N–H and O–H groups in total. The van der Waals surface area contributed by atoms with Crippen LogP contribution in [0.1, 0.15) is 10.5 Å². The molecule has 0 spiro atoms. The molecule has 0 aliphatic heterocycles. The minimum Gasteiger partial charge on any atom is -0.322 e. The molecular weight excluding hydrogens is 424 g/mol. The lowest BCUT2D eigenvalue weighted by Crippen LogP contribution is -2.15. The highest BCUT2D eigenvalue weighted by molar-refractivity contribution is 6.30. The van der Waals surface area contributed by atoms with Gasteiger partial charge in [0, 0.05) is 24.0 Å².